The molecule has 1 aliphatic rings. The lowest BCUT2D eigenvalue weighted by Gasteiger charge is -2.34. The summed E-state index contributed by atoms with van der Waals surface area (Å²) >= 11 is 0. The summed E-state index contributed by atoms with van der Waals surface area (Å²) in [4.78, 5) is 53.2. The lowest BCUT2D eigenvalue weighted by Crippen LogP contribution is -2.46. The van der Waals surface area contributed by atoms with E-state index in [1.807, 2.05) is 31.2 Å². The van der Waals surface area contributed by atoms with Crippen LogP contribution in [0.2, 0.25) is 0 Å². The summed E-state index contributed by atoms with van der Waals surface area (Å²) in [5.41, 5.74) is 2.96. The number of fused-ring (bicyclic) bond motifs is 1. The number of aldehydes is 1. The molecule has 1 unspecified atom stereocenters. The van der Waals surface area contributed by atoms with Gasteiger partial charge < -0.3 is 19.0 Å². The first-order chi connectivity index (χ1) is 16.3. The molecule has 4 rings (SSSR count). The number of amides is 2. The number of rotatable bonds is 5. The van der Waals surface area contributed by atoms with Crippen LogP contribution in [0.4, 0.5) is 0 Å². The number of aryl methyl sites for hydroxylation is 1. The van der Waals surface area contributed by atoms with E-state index in [0.29, 0.717) is 36.9 Å². The fourth-order valence-electron chi connectivity index (χ4n) is 4.69. The van der Waals surface area contributed by atoms with Crippen LogP contribution in [0, 0.1) is 12.8 Å². The van der Waals surface area contributed by atoms with Gasteiger partial charge in [0.15, 0.2) is 0 Å². The zero-order valence-corrected chi connectivity index (χ0v) is 19.6. The van der Waals surface area contributed by atoms with Crippen LogP contribution in [0.25, 0.3) is 22.1 Å². The second kappa shape index (κ2) is 9.63. The molecule has 176 valence electrons. The largest absolute Gasteiger partial charge is 0.423 e. The van der Waals surface area contributed by atoms with Gasteiger partial charge in [-0.05, 0) is 42.5 Å². The van der Waals surface area contributed by atoms with Gasteiger partial charge in [0.1, 0.15) is 17.8 Å². The second-order valence-electron chi connectivity index (χ2n) is 9.02. The van der Waals surface area contributed by atoms with Gasteiger partial charge in [0.05, 0.1) is 5.92 Å². The van der Waals surface area contributed by atoms with Crippen molar-refractivity contribution in [3.63, 3.8) is 0 Å². The molecule has 2 heterocycles. The molecule has 2 atom stereocenters. The summed E-state index contributed by atoms with van der Waals surface area (Å²) < 4.78 is 5.45. The highest BCUT2D eigenvalue weighted by atomic mass is 16.4. The Labute approximate surface area is 198 Å². The van der Waals surface area contributed by atoms with E-state index in [0.717, 1.165) is 28.5 Å². The van der Waals surface area contributed by atoms with Gasteiger partial charge in [-0.2, -0.15) is 0 Å². The standard InChI is InChI=1S/C27H28N2O5/c1-17-7-4-5-9-20(17)22-14-25(31)34-24-13-18(10-11-21(22)24)23(16-30)27(33)29-12-6-8-19(15-29)26(32)28(2)3/h4-5,7,9-11,13-14,16,19,23H,6,8,12,15H2,1-3H3/t19-,23?/m1/s1. The van der Waals surface area contributed by atoms with Crippen molar-refractivity contribution in [2.24, 2.45) is 5.92 Å². The molecule has 1 aliphatic heterocycles. The van der Waals surface area contributed by atoms with Crippen LogP contribution < -0.4 is 5.63 Å². The highest BCUT2D eigenvalue weighted by Gasteiger charge is 2.33. The molecule has 2 amide bonds. The second-order valence-corrected chi connectivity index (χ2v) is 9.02. The molecule has 7 heteroatoms. The van der Waals surface area contributed by atoms with E-state index >= 15 is 0 Å². The molecule has 1 saturated heterocycles. The molecule has 34 heavy (non-hydrogen) atoms. The molecule has 0 aliphatic carbocycles. The van der Waals surface area contributed by atoms with Crippen molar-refractivity contribution < 1.29 is 18.8 Å². The number of carbonyl (C=O) groups is 3. The Hall–Kier alpha value is -3.74. The lowest BCUT2D eigenvalue weighted by atomic mass is 9.92. The Morgan fingerprint density at radius 1 is 1.12 bits per heavy atom. The molecular formula is C27H28N2O5. The van der Waals surface area contributed by atoms with Gasteiger partial charge in [-0.15, -0.1) is 0 Å². The Morgan fingerprint density at radius 2 is 1.88 bits per heavy atom. The van der Waals surface area contributed by atoms with Crippen molar-refractivity contribution in [2.75, 3.05) is 27.2 Å². The van der Waals surface area contributed by atoms with Crippen LogP contribution in [-0.4, -0.2) is 55.1 Å². The minimum atomic E-state index is -1.04. The predicted molar refractivity (Wildman–Crippen MR) is 129 cm³/mol. The predicted octanol–water partition coefficient (Wildman–Crippen LogP) is 3.38. The van der Waals surface area contributed by atoms with E-state index in [9.17, 15) is 19.2 Å². The Morgan fingerprint density at radius 3 is 2.59 bits per heavy atom. The van der Waals surface area contributed by atoms with Crippen molar-refractivity contribution >= 4 is 29.1 Å². The fraction of sp³-hybridized carbons (Fsp3) is 0.333. The summed E-state index contributed by atoms with van der Waals surface area (Å²) in [6.07, 6.45) is 2.04. The molecule has 0 N–H and O–H groups in total. The van der Waals surface area contributed by atoms with Crippen LogP contribution in [0.1, 0.15) is 29.9 Å². The van der Waals surface area contributed by atoms with Crippen LogP contribution in [0.5, 0.6) is 0 Å². The van der Waals surface area contributed by atoms with Gasteiger partial charge in [0, 0.05) is 44.2 Å². The molecule has 0 spiro atoms. The topological polar surface area (TPSA) is 87.9 Å². The van der Waals surface area contributed by atoms with E-state index in [1.165, 1.54) is 11.0 Å². The van der Waals surface area contributed by atoms with Gasteiger partial charge in [0.2, 0.25) is 11.8 Å². The van der Waals surface area contributed by atoms with Crippen LogP contribution in [0.15, 0.2) is 57.7 Å². The number of hydrogen-bond donors (Lipinski definition) is 0. The van der Waals surface area contributed by atoms with Crippen molar-refractivity contribution in [1.29, 1.82) is 0 Å². The third kappa shape index (κ3) is 4.51. The number of piperidine rings is 1. The summed E-state index contributed by atoms with van der Waals surface area (Å²) in [6.45, 7) is 2.76. The number of benzene rings is 2. The molecule has 0 saturated carbocycles. The smallest absolute Gasteiger partial charge is 0.336 e. The maximum absolute atomic E-state index is 13.3. The van der Waals surface area contributed by atoms with E-state index in [1.54, 1.807) is 37.2 Å². The van der Waals surface area contributed by atoms with E-state index in [-0.39, 0.29) is 17.7 Å². The molecule has 0 radical (unpaired) electrons. The maximum atomic E-state index is 13.3. The van der Waals surface area contributed by atoms with Gasteiger partial charge in [-0.1, -0.05) is 36.4 Å². The van der Waals surface area contributed by atoms with Crippen LogP contribution >= 0.6 is 0 Å². The Balaban J connectivity index is 1.68. The van der Waals surface area contributed by atoms with Crippen molar-refractivity contribution in [3.8, 4) is 11.1 Å². The van der Waals surface area contributed by atoms with Gasteiger partial charge in [-0.25, -0.2) is 4.79 Å². The summed E-state index contributed by atoms with van der Waals surface area (Å²) in [7, 11) is 3.40. The average Bonchev–Trinajstić information content (AvgIpc) is 2.83. The van der Waals surface area contributed by atoms with Crippen molar-refractivity contribution in [1.82, 2.24) is 9.80 Å². The molecule has 1 aromatic heterocycles. The maximum Gasteiger partial charge on any atom is 0.336 e. The normalized spacial score (nSPS) is 16.8. The Bertz CT molecular complexity index is 1310. The average molecular weight is 461 g/mol. The van der Waals surface area contributed by atoms with Gasteiger partial charge >= 0.3 is 5.63 Å². The zero-order valence-electron chi connectivity index (χ0n) is 19.6. The fourth-order valence-corrected chi connectivity index (χ4v) is 4.69. The van der Waals surface area contributed by atoms with E-state index in [4.69, 9.17) is 4.42 Å². The molecule has 0 bridgehead atoms. The van der Waals surface area contributed by atoms with E-state index in [2.05, 4.69) is 0 Å². The number of carbonyl (C=O) groups excluding carboxylic acids is 3. The highest BCUT2D eigenvalue weighted by molar-refractivity contribution is 6.00. The van der Waals surface area contributed by atoms with Gasteiger partial charge in [-0.3, -0.25) is 9.59 Å². The summed E-state index contributed by atoms with van der Waals surface area (Å²) in [6, 6.07) is 14.3. The van der Waals surface area contributed by atoms with Crippen molar-refractivity contribution in [2.45, 2.75) is 25.7 Å². The van der Waals surface area contributed by atoms with Crippen LogP contribution in [0.3, 0.4) is 0 Å². The summed E-state index contributed by atoms with van der Waals surface area (Å²) in [5.74, 6) is -1.67. The first-order valence-electron chi connectivity index (χ1n) is 11.4. The van der Waals surface area contributed by atoms with Crippen molar-refractivity contribution in [3.05, 3.63) is 70.1 Å². The number of likely N-dealkylation sites (tertiary alicyclic amines) is 1. The van der Waals surface area contributed by atoms with E-state index < -0.39 is 11.5 Å². The molecule has 1 fully saturated rings. The third-order valence-corrected chi connectivity index (χ3v) is 6.49. The molecule has 7 nitrogen and oxygen atoms in total. The van der Waals surface area contributed by atoms with Crippen LogP contribution in [-0.2, 0) is 14.4 Å². The monoisotopic (exact) mass is 460 g/mol. The number of hydrogen-bond acceptors (Lipinski definition) is 5. The number of nitrogens with zero attached hydrogens (tertiary/aromatic N) is 2. The SMILES string of the molecule is Cc1ccccc1-c1cc(=O)oc2cc(C(C=O)C(=O)N3CCC[C@@H](C(=O)N(C)C)C3)ccc12. The quantitative estimate of drug-likeness (QED) is 0.331. The lowest BCUT2D eigenvalue weighted by molar-refractivity contribution is -0.140. The minimum Gasteiger partial charge on any atom is -0.423 e. The third-order valence-electron chi connectivity index (χ3n) is 6.49. The molecule has 3 aromatic rings. The first kappa shape index (κ1) is 23.4. The highest BCUT2D eigenvalue weighted by Crippen LogP contribution is 2.32. The molecular weight excluding hydrogens is 432 g/mol. The van der Waals surface area contributed by atoms with Gasteiger partial charge in [0.25, 0.3) is 0 Å². The molecule has 2 aromatic carbocycles. The summed E-state index contributed by atoms with van der Waals surface area (Å²) in [5, 5.41) is 0.726. The Kier molecular flexibility index (Phi) is 6.63. The minimum absolute atomic E-state index is 0.0173. The first-order valence-corrected chi connectivity index (χ1v) is 11.4. The zero-order chi connectivity index (χ0) is 24.4.